The Morgan fingerprint density at radius 1 is 1.24 bits per heavy atom. The largest absolute Gasteiger partial charge is 0.435 e. The second kappa shape index (κ2) is 8.47. The van der Waals surface area contributed by atoms with Gasteiger partial charge in [-0.3, -0.25) is 13.9 Å². The molecule has 1 N–H and O–H groups in total. The molecule has 12 heteroatoms. The lowest BCUT2D eigenvalue weighted by Gasteiger charge is -2.10. The highest BCUT2D eigenvalue weighted by atomic mass is 35.5. The number of nitrogens with one attached hydrogen (secondary N) is 1. The second-order valence-corrected chi connectivity index (χ2v) is 7.54. The van der Waals surface area contributed by atoms with Gasteiger partial charge in [0.05, 0.1) is 28.2 Å². The highest BCUT2D eigenvalue weighted by molar-refractivity contribution is 6.34. The molecule has 0 aliphatic carbocycles. The summed E-state index contributed by atoms with van der Waals surface area (Å²) >= 11 is 6.14. The van der Waals surface area contributed by atoms with Crippen molar-refractivity contribution >= 4 is 34.4 Å². The van der Waals surface area contributed by atoms with Crippen LogP contribution >= 0.6 is 11.6 Å². The van der Waals surface area contributed by atoms with Gasteiger partial charge in [-0.2, -0.15) is 18.3 Å². The first-order valence-corrected chi connectivity index (χ1v) is 9.89. The number of alkyl halides is 5. The monoisotopic (exact) mass is 483 g/mol. The van der Waals surface area contributed by atoms with Crippen LogP contribution in [0, 0.1) is 0 Å². The third kappa shape index (κ3) is 4.54. The lowest BCUT2D eigenvalue weighted by atomic mass is 10.1. The number of benzene rings is 1. The van der Waals surface area contributed by atoms with E-state index < -0.39 is 24.8 Å². The molecule has 172 valence electrons. The fourth-order valence-corrected chi connectivity index (χ4v) is 3.71. The highest BCUT2D eigenvalue weighted by Gasteiger charge is 2.38. The zero-order valence-electron chi connectivity index (χ0n) is 16.9. The van der Waals surface area contributed by atoms with Gasteiger partial charge < -0.3 is 5.32 Å². The number of Topliss-reactive ketones (excluding diaryl/α,β-unsaturated/α-hetero) is 1. The zero-order chi connectivity index (χ0) is 23.9. The number of aromatic nitrogens is 4. The molecule has 0 fully saturated rings. The molecule has 0 saturated carbocycles. The molecule has 1 aromatic carbocycles. The molecule has 33 heavy (non-hydrogen) atoms. The van der Waals surface area contributed by atoms with Gasteiger partial charge in [-0.05, 0) is 37.3 Å². The summed E-state index contributed by atoms with van der Waals surface area (Å²) in [6.45, 7) is 0.420. The van der Waals surface area contributed by atoms with E-state index in [0.29, 0.717) is 21.6 Å². The fourth-order valence-electron chi connectivity index (χ4n) is 3.39. The molecule has 4 rings (SSSR count). The molecule has 0 bridgehead atoms. The number of imidazole rings is 1. The summed E-state index contributed by atoms with van der Waals surface area (Å²) in [5.74, 6) is -0.195. The summed E-state index contributed by atoms with van der Waals surface area (Å²) in [4.78, 5) is 15.8. The standard InChI is InChI=1S/C21H15ClF5N5O/c1-11(33)13-5-4-12(7-15(13)22)29-16-3-2-6-32-17(8-28-20(16)32)14-9-31(10-18(23)24)30-19(14)21(25,26)27/h2-9,18,29H,10H2,1H3. The van der Waals surface area contributed by atoms with Gasteiger partial charge in [0.15, 0.2) is 17.1 Å². The van der Waals surface area contributed by atoms with Crippen molar-refractivity contribution in [2.24, 2.45) is 0 Å². The molecule has 0 radical (unpaired) electrons. The second-order valence-electron chi connectivity index (χ2n) is 7.14. The highest BCUT2D eigenvalue weighted by Crippen LogP contribution is 2.37. The Hall–Kier alpha value is -3.47. The number of carbonyl (C=O) groups is 1. The number of fused-ring (bicyclic) bond motifs is 1. The van der Waals surface area contributed by atoms with Crippen LogP contribution in [0.1, 0.15) is 23.0 Å². The molecule has 0 aliphatic rings. The number of pyridine rings is 1. The first-order valence-electron chi connectivity index (χ1n) is 9.51. The number of halogens is 6. The van der Waals surface area contributed by atoms with Gasteiger partial charge in [-0.1, -0.05) is 11.6 Å². The Morgan fingerprint density at radius 2 is 2.00 bits per heavy atom. The maximum Gasteiger partial charge on any atom is 0.435 e. The number of hydrogen-bond acceptors (Lipinski definition) is 4. The summed E-state index contributed by atoms with van der Waals surface area (Å²) < 4.78 is 68.0. The van der Waals surface area contributed by atoms with Crippen LogP contribution in [0.15, 0.2) is 48.9 Å². The van der Waals surface area contributed by atoms with Crippen LogP contribution in [-0.4, -0.2) is 31.4 Å². The summed E-state index contributed by atoms with van der Waals surface area (Å²) in [6.07, 6.45) is -4.07. The average molecular weight is 484 g/mol. The quantitative estimate of drug-likeness (QED) is 0.266. The Balaban J connectivity index is 1.76. The molecule has 3 aromatic heterocycles. The summed E-state index contributed by atoms with van der Waals surface area (Å²) in [6, 6.07) is 7.97. The first kappa shape index (κ1) is 22.7. The minimum Gasteiger partial charge on any atom is -0.352 e. The third-order valence-electron chi connectivity index (χ3n) is 4.79. The number of anilines is 2. The molecular weight excluding hydrogens is 469 g/mol. The van der Waals surface area contributed by atoms with Crippen LogP contribution in [0.25, 0.3) is 16.9 Å². The molecule has 3 heterocycles. The molecule has 0 atom stereocenters. The van der Waals surface area contributed by atoms with E-state index in [1.165, 1.54) is 23.7 Å². The zero-order valence-corrected chi connectivity index (χ0v) is 17.6. The Labute approximate surface area is 188 Å². The molecule has 0 unspecified atom stereocenters. The van der Waals surface area contributed by atoms with E-state index in [2.05, 4.69) is 15.4 Å². The maximum absolute atomic E-state index is 13.5. The molecule has 6 nitrogen and oxygen atoms in total. The summed E-state index contributed by atoms with van der Waals surface area (Å²) in [5.41, 5.74) is -0.00616. The van der Waals surface area contributed by atoms with Crippen LogP contribution in [0.5, 0.6) is 0 Å². The number of hydrogen-bond donors (Lipinski definition) is 1. The van der Waals surface area contributed by atoms with Gasteiger partial charge >= 0.3 is 6.18 Å². The first-order chi connectivity index (χ1) is 15.5. The van der Waals surface area contributed by atoms with Gasteiger partial charge in [-0.25, -0.2) is 13.8 Å². The maximum atomic E-state index is 13.5. The van der Waals surface area contributed by atoms with Gasteiger partial charge in [0.1, 0.15) is 6.54 Å². The molecule has 0 aliphatic heterocycles. The van der Waals surface area contributed by atoms with E-state index in [1.807, 2.05) is 0 Å². The number of nitrogens with zero attached hydrogens (tertiary/aromatic N) is 4. The molecule has 4 aromatic rings. The smallest absolute Gasteiger partial charge is 0.352 e. The molecule has 0 saturated heterocycles. The molecule has 0 spiro atoms. The van der Waals surface area contributed by atoms with Crippen molar-refractivity contribution < 1.29 is 26.7 Å². The lowest BCUT2D eigenvalue weighted by molar-refractivity contribution is -0.141. The van der Waals surface area contributed by atoms with Crippen molar-refractivity contribution in [3.05, 3.63) is 65.2 Å². The Morgan fingerprint density at radius 3 is 2.64 bits per heavy atom. The van der Waals surface area contributed by atoms with Gasteiger partial charge in [0.2, 0.25) is 0 Å². The predicted octanol–water partition coefficient (Wildman–Crippen LogP) is 6.08. The predicted molar refractivity (Wildman–Crippen MR) is 112 cm³/mol. The van der Waals surface area contributed by atoms with Crippen LogP contribution in [0.3, 0.4) is 0 Å². The normalized spacial score (nSPS) is 12.0. The Bertz CT molecular complexity index is 1340. The van der Waals surface area contributed by atoms with Crippen LogP contribution in [0.4, 0.5) is 33.3 Å². The molecule has 0 amide bonds. The number of rotatable bonds is 6. The lowest BCUT2D eigenvalue weighted by Crippen LogP contribution is -2.11. The number of carbonyl (C=O) groups excluding carboxylic acids is 1. The van der Waals surface area contributed by atoms with Gasteiger partial charge in [0, 0.05) is 23.6 Å². The van der Waals surface area contributed by atoms with Crippen molar-refractivity contribution in [2.75, 3.05) is 5.32 Å². The van der Waals surface area contributed by atoms with E-state index >= 15 is 0 Å². The van der Waals surface area contributed by atoms with Crippen molar-refractivity contribution in [1.82, 2.24) is 19.2 Å². The minimum atomic E-state index is -4.85. The van der Waals surface area contributed by atoms with E-state index in [0.717, 1.165) is 6.20 Å². The molecular formula is C21H15ClF5N5O. The SMILES string of the molecule is CC(=O)c1ccc(Nc2cccn3c(-c4cn(CC(F)F)nc4C(F)(F)F)cnc23)cc1Cl. The third-order valence-corrected chi connectivity index (χ3v) is 5.11. The Kier molecular flexibility index (Phi) is 5.83. The van der Waals surface area contributed by atoms with Gasteiger partial charge in [0.25, 0.3) is 6.43 Å². The van der Waals surface area contributed by atoms with Crippen LogP contribution in [0.2, 0.25) is 5.02 Å². The van der Waals surface area contributed by atoms with Crippen LogP contribution < -0.4 is 5.32 Å². The summed E-state index contributed by atoms with van der Waals surface area (Å²) in [7, 11) is 0. The average Bonchev–Trinajstić information content (AvgIpc) is 3.31. The van der Waals surface area contributed by atoms with Crippen molar-refractivity contribution in [3.63, 3.8) is 0 Å². The van der Waals surface area contributed by atoms with E-state index in [1.54, 1.807) is 30.3 Å². The van der Waals surface area contributed by atoms with E-state index in [4.69, 9.17) is 11.6 Å². The fraction of sp³-hybridized carbons (Fsp3) is 0.190. The van der Waals surface area contributed by atoms with Gasteiger partial charge in [-0.15, -0.1) is 0 Å². The van der Waals surface area contributed by atoms with Crippen molar-refractivity contribution in [3.8, 4) is 11.3 Å². The van der Waals surface area contributed by atoms with Crippen LogP contribution in [-0.2, 0) is 12.7 Å². The van der Waals surface area contributed by atoms with E-state index in [-0.39, 0.29) is 27.7 Å². The topological polar surface area (TPSA) is 64.2 Å². The number of ketones is 1. The van der Waals surface area contributed by atoms with Crippen molar-refractivity contribution in [1.29, 1.82) is 0 Å². The van der Waals surface area contributed by atoms with Crippen molar-refractivity contribution in [2.45, 2.75) is 26.1 Å². The van der Waals surface area contributed by atoms with E-state index in [9.17, 15) is 26.7 Å². The minimum absolute atomic E-state index is 0.0338. The summed E-state index contributed by atoms with van der Waals surface area (Å²) in [5, 5.41) is 6.63.